The molecule has 0 fully saturated rings. The van der Waals surface area contributed by atoms with E-state index >= 15 is 0 Å². The number of phenols is 2. The fourth-order valence-corrected chi connectivity index (χ4v) is 3.30. The Morgan fingerprint density at radius 1 is 1.00 bits per heavy atom. The molecular formula is C14H14O4S. The van der Waals surface area contributed by atoms with Crippen molar-refractivity contribution in [3.8, 4) is 11.5 Å². The first-order valence-corrected chi connectivity index (χ1v) is 7.15. The Labute approximate surface area is 111 Å². The monoisotopic (exact) mass is 278 g/mol. The van der Waals surface area contributed by atoms with Gasteiger partial charge in [0.05, 0.1) is 4.90 Å². The molecule has 0 saturated carbocycles. The molecule has 0 amide bonds. The van der Waals surface area contributed by atoms with Crippen LogP contribution in [0.5, 0.6) is 11.5 Å². The molecule has 0 heterocycles. The Hall–Kier alpha value is -2.01. The maximum atomic E-state index is 12.4. The molecular weight excluding hydrogens is 264 g/mol. The quantitative estimate of drug-likeness (QED) is 0.885. The fraction of sp³-hybridized carbons (Fsp3) is 0.143. The van der Waals surface area contributed by atoms with Crippen LogP contribution in [0.15, 0.2) is 46.2 Å². The summed E-state index contributed by atoms with van der Waals surface area (Å²) in [6, 6.07) is 8.92. The fourth-order valence-electron chi connectivity index (χ4n) is 1.79. The Balaban J connectivity index is 2.67. The molecule has 2 aromatic carbocycles. The number of aryl methyl sites for hydroxylation is 1. The highest BCUT2D eigenvalue weighted by Gasteiger charge is 2.23. The zero-order valence-corrected chi connectivity index (χ0v) is 11.4. The lowest BCUT2D eigenvalue weighted by Crippen LogP contribution is -2.03. The van der Waals surface area contributed by atoms with Gasteiger partial charge in [-0.2, -0.15) is 0 Å². The normalized spacial score (nSPS) is 11.5. The maximum absolute atomic E-state index is 12.4. The molecule has 19 heavy (non-hydrogen) atoms. The predicted molar refractivity (Wildman–Crippen MR) is 71.1 cm³/mol. The molecule has 100 valence electrons. The zero-order chi connectivity index (χ0) is 14.2. The summed E-state index contributed by atoms with van der Waals surface area (Å²) < 4.78 is 24.9. The highest BCUT2D eigenvalue weighted by Crippen LogP contribution is 2.35. The lowest BCUT2D eigenvalue weighted by Gasteiger charge is -2.10. The van der Waals surface area contributed by atoms with Crippen LogP contribution in [-0.4, -0.2) is 18.6 Å². The van der Waals surface area contributed by atoms with Crippen LogP contribution in [0.4, 0.5) is 0 Å². The van der Waals surface area contributed by atoms with E-state index in [1.165, 1.54) is 31.2 Å². The first-order valence-electron chi connectivity index (χ1n) is 5.67. The molecule has 2 N–H and O–H groups in total. The maximum Gasteiger partial charge on any atom is 0.210 e. The minimum absolute atomic E-state index is 0.118. The van der Waals surface area contributed by atoms with Crippen molar-refractivity contribution < 1.29 is 18.6 Å². The van der Waals surface area contributed by atoms with Gasteiger partial charge in [-0.25, -0.2) is 8.42 Å². The highest BCUT2D eigenvalue weighted by atomic mass is 32.2. The lowest BCUT2D eigenvalue weighted by molar-refractivity contribution is 0.432. The molecule has 2 rings (SSSR count). The molecule has 0 radical (unpaired) electrons. The molecule has 0 unspecified atom stereocenters. The van der Waals surface area contributed by atoms with Gasteiger partial charge >= 0.3 is 0 Å². The number of hydrogen-bond acceptors (Lipinski definition) is 4. The van der Waals surface area contributed by atoms with Gasteiger partial charge in [0.1, 0.15) is 16.4 Å². The molecule has 5 heteroatoms. The first kappa shape index (κ1) is 13.4. The number of rotatable bonds is 2. The van der Waals surface area contributed by atoms with Gasteiger partial charge in [-0.3, -0.25) is 0 Å². The topological polar surface area (TPSA) is 74.6 Å². The number of aromatic hydroxyl groups is 2. The van der Waals surface area contributed by atoms with Crippen molar-refractivity contribution in [1.82, 2.24) is 0 Å². The summed E-state index contributed by atoms with van der Waals surface area (Å²) in [6.07, 6.45) is 0. The molecule has 0 bridgehead atoms. The summed E-state index contributed by atoms with van der Waals surface area (Å²) in [5.74, 6) is -0.554. The minimum atomic E-state index is -3.79. The van der Waals surface area contributed by atoms with E-state index in [2.05, 4.69) is 0 Å². The van der Waals surface area contributed by atoms with Crippen molar-refractivity contribution >= 4 is 9.84 Å². The van der Waals surface area contributed by atoms with Crippen LogP contribution >= 0.6 is 0 Å². The second-order valence-electron chi connectivity index (χ2n) is 4.38. The van der Waals surface area contributed by atoms with Crippen LogP contribution < -0.4 is 0 Å². The average Bonchev–Trinajstić information content (AvgIpc) is 2.36. The molecule has 0 aromatic heterocycles. The van der Waals surface area contributed by atoms with Crippen molar-refractivity contribution in [2.24, 2.45) is 0 Å². The molecule has 2 aromatic rings. The number of phenolic OH excluding ortho intramolecular Hbond substituents is 2. The third-order valence-corrected chi connectivity index (χ3v) is 4.74. The van der Waals surface area contributed by atoms with Crippen molar-refractivity contribution in [3.63, 3.8) is 0 Å². The Kier molecular flexibility index (Phi) is 3.24. The summed E-state index contributed by atoms with van der Waals surface area (Å²) >= 11 is 0. The van der Waals surface area contributed by atoms with E-state index < -0.39 is 15.6 Å². The second kappa shape index (κ2) is 4.59. The SMILES string of the molecule is Cc1cccc(S(=O)(=O)c2ccc(O)c(C)c2O)c1. The average molecular weight is 278 g/mol. The third-order valence-electron chi connectivity index (χ3n) is 2.95. The molecule has 0 aliphatic rings. The third kappa shape index (κ3) is 2.29. The van der Waals surface area contributed by atoms with E-state index in [0.29, 0.717) is 0 Å². The van der Waals surface area contributed by atoms with Gasteiger partial charge < -0.3 is 10.2 Å². The van der Waals surface area contributed by atoms with Gasteiger partial charge in [0, 0.05) is 5.56 Å². The predicted octanol–water partition coefficient (Wildman–Crippen LogP) is 2.55. The van der Waals surface area contributed by atoms with Gasteiger partial charge in [-0.05, 0) is 43.7 Å². The van der Waals surface area contributed by atoms with Gasteiger partial charge in [0.2, 0.25) is 9.84 Å². The van der Waals surface area contributed by atoms with Gasteiger partial charge in [-0.15, -0.1) is 0 Å². The van der Waals surface area contributed by atoms with E-state index in [1.807, 2.05) is 0 Å². The zero-order valence-electron chi connectivity index (χ0n) is 10.6. The smallest absolute Gasteiger partial charge is 0.210 e. The lowest BCUT2D eigenvalue weighted by atomic mass is 10.2. The van der Waals surface area contributed by atoms with E-state index in [1.54, 1.807) is 19.1 Å². The first-order chi connectivity index (χ1) is 8.84. The largest absolute Gasteiger partial charge is 0.508 e. The Morgan fingerprint density at radius 3 is 2.32 bits per heavy atom. The summed E-state index contributed by atoms with van der Waals surface area (Å²) in [5, 5.41) is 19.4. The summed E-state index contributed by atoms with van der Waals surface area (Å²) in [6.45, 7) is 3.25. The van der Waals surface area contributed by atoms with Crippen molar-refractivity contribution in [2.75, 3.05) is 0 Å². The van der Waals surface area contributed by atoms with Gasteiger partial charge in [0.15, 0.2) is 0 Å². The number of benzene rings is 2. The highest BCUT2D eigenvalue weighted by molar-refractivity contribution is 7.91. The molecule has 0 aliphatic heterocycles. The Bertz CT molecular complexity index is 733. The van der Waals surface area contributed by atoms with Crippen LogP contribution in [-0.2, 0) is 9.84 Å². The van der Waals surface area contributed by atoms with E-state index in [0.717, 1.165) is 5.56 Å². The van der Waals surface area contributed by atoms with Crippen LogP contribution in [0.3, 0.4) is 0 Å². The van der Waals surface area contributed by atoms with E-state index in [-0.39, 0.29) is 21.1 Å². The van der Waals surface area contributed by atoms with Crippen LogP contribution in [0, 0.1) is 13.8 Å². The summed E-state index contributed by atoms with van der Waals surface area (Å²) in [4.78, 5) is -0.0821. The van der Waals surface area contributed by atoms with Crippen molar-refractivity contribution in [3.05, 3.63) is 47.5 Å². The van der Waals surface area contributed by atoms with E-state index in [9.17, 15) is 18.6 Å². The molecule has 0 saturated heterocycles. The second-order valence-corrected chi connectivity index (χ2v) is 6.29. The van der Waals surface area contributed by atoms with Crippen molar-refractivity contribution in [2.45, 2.75) is 23.6 Å². The van der Waals surface area contributed by atoms with Crippen LogP contribution in [0.1, 0.15) is 11.1 Å². The van der Waals surface area contributed by atoms with E-state index in [4.69, 9.17) is 0 Å². The van der Waals surface area contributed by atoms with Gasteiger partial charge in [0.25, 0.3) is 0 Å². The molecule has 0 atom stereocenters. The standard InChI is InChI=1S/C14H14O4S/c1-9-4-3-5-11(8-9)19(17,18)13-7-6-12(15)10(2)14(13)16/h3-8,15-16H,1-2H3. The number of sulfone groups is 1. The molecule has 4 nitrogen and oxygen atoms in total. The Morgan fingerprint density at radius 2 is 1.68 bits per heavy atom. The van der Waals surface area contributed by atoms with Crippen LogP contribution in [0.25, 0.3) is 0 Å². The van der Waals surface area contributed by atoms with Crippen LogP contribution in [0.2, 0.25) is 0 Å². The number of hydrogen-bond donors (Lipinski definition) is 2. The molecule has 0 spiro atoms. The molecule has 0 aliphatic carbocycles. The summed E-state index contributed by atoms with van der Waals surface area (Å²) in [7, 11) is -3.79. The minimum Gasteiger partial charge on any atom is -0.508 e. The van der Waals surface area contributed by atoms with Crippen molar-refractivity contribution in [1.29, 1.82) is 0 Å². The summed E-state index contributed by atoms with van der Waals surface area (Å²) in [5.41, 5.74) is 0.963. The van der Waals surface area contributed by atoms with Gasteiger partial charge in [-0.1, -0.05) is 12.1 Å².